The molecule has 0 aliphatic heterocycles. The Bertz CT molecular complexity index is 1090. The van der Waals surface area contributed by atoms with Crippen LogP contribution in [0.15, 0.2) is 71.8 Å². The molecule has 3 N–H and O–H groups in total. The number of para-hydroxylation sites is 1. The molecule has 0 saturated heterocycles. The van der Waals surface area contributed by atoms with Gasteiger partial charge in [-0.1, -0.05) is 42.2 Å². The molecular formula is C21H17N3O3S. The highest BCUT2D eigenvalue weighted by Gasteiger charge is 2.11. The first-order chi connectivity index (χ1) is 13.6. The lowest BCUT2D eigenvalue weighted by molar-refractivity contribution is 0.0595. The zero-order valence-corrected chi connectivity index (χ0v) is 15.8. The number of ether oxygens (including phenoxy) is 1. The van der Waals surface area contributed by atoms with Crippen molar-refractivity contribution in [3.05, 3.63) is 83.7 Å². The van der Waals surface area contributed by atoms with Crippen LogP contribution >= 0.6 is 0 Å². The minimum absolute atomic E-state index is 0.0494. The first-order valence-electron chi connectivity index (χ1n) is 8.27. The van der Waals surface area contributed by atoms with Gasteiger partial charge in [-0.3, -0.25) is 4.72 Å². The maximum absolute atomic E-state index is 12.5. The van der Waals surface area contributed by atoms with E-state index in [2.05, 4.69) is 26.3 Å². The summed E-state index contributed by atoms with van der Waals surface area (Å²) in [7, 11) is -0.143. The van der Waals surface area contributed by atoms with Crippen molar-refractivity contribution in [2.24, 2.45) is 0 Å². The molecule has 2 aromatic carbocycles. The summed E-state index contributed by atoms with van der Waals surface area (Å²) < 4.78 is 20.1. The minimum Gasteiger partial charge on any atom is -0.464 e. The van der Waals surface area contributed by atoms with E-state index >= 15 is 0 Å². The zero-order chi connectivity index (χ0) is 19.9. The molecule has 140 valence electrons. The molecule has 3 rings (SSSR count). The lowest BCUT2D eigenvalue weighted by Gasteiger charge is -2.08. The van der Waals surface area contributed by atoms with Crippen molar-refractivity contribution < 1.29 is 13.7 Å². The SMILES string of the molecule is COC(=O)c1ncc(C#Cc2ccccc2NS(=O)c2ccccc2)cc1N. The van der Waals surface area contributed by atoms with E-state index in [1.165, 1.54) is 13.3 Å². The van der Waals surface area contributed by atoms with Gasteiger partial charge in [-0.2, -0.15) is 0 Å². The molecule has 0 fully saturated rings. The second-order valence-electron chi connectivity index (χ2n) is 5.63. The van der Waals surface area contributed by atoms with Crippen molar-refractivity contribution >= 4 is 28.3 Å². The van der Waals surface area contributed by atoms with Crippen LogP contribution in [-0.4, -0.2) is 22.3 Å². The van der Waals surface area contributed by atoms with E-state index in [1.807, 2.05) is 36.4 Å². The number of carbonyl (C=O) groups is 1. The second-order valence-corrected chi connectivity index (χ2v) is 6.85. The van der Waals surface area contributed by atoms with Crippen LogP contribution in [-0.2, 0) is 15.7 Å². The number of methoxy groups -OCH3 is 1. The largest absolute Gasteiger partial charge is 0.464 e. The standard InChI is InChI=1S/C21H17N3O3S/c1-27-21(25)20-18(22)13-15(14-23-20)11-12-16-7-5-6-10-19(16)24-28(26)17-8-3-2-4-9-17/h2-10,13-14,24H,22H2,1H3. The van der Waals surface area contributed by atoms with E-state index in [9.17, 15) is 9.00 Å². The van der Waals surface area contributed by atoms with Crippen LogP contribution < -0.4 is 10.5 Å². The number of nitrogen functional groups attached to an aromatic ring is 1. The zero-order valence-electron chi connectivity index (χ0n) is 15.0. The number of nitrogens with two attached hydrogens (primary N) is 1. The number of carbonyl (C=O) groups excluding carboxylic acids is 1. The van der Waals surface area contributed by atoms with Gasteiger partial charge in [0.05, 0.1) is 23.4 Å². The number of pyridine rings is 1. The molecule has 1 aromatic heterocycles. The van der Waals surface area contributed by atoms with Gasteiger partial charge >= 0.3 is 5.97 Å². The van der Waals surface area contributed by atoms with Gasteiger partial charge in [-0.05, 0) is 30.3 Å². The summed E-state index contributed by atoms with van der Waals surface area (Å²) in [5.41, 5.74) is 7.94. The summed E-state index contributed by atoms with van der Waals surface area (Å²) in [5.74, 6) is 5.37. The average molecular weight is 391 g/mol. The fourth-order valence-electron chi connectivity index (χ4n) is 2.34. The van der Waals surface area contributed by atoms with Crippen molar-refractivity contribution in [1.82, 2.24) is 4.98 Å². The molecule has 6 nitrogen and oxygen atoms in total. The summed E-state index contributed by atoms with van der Waals surface area (Å²) in [6.07, 6.45) is 1.45. The number of nitrogens with zero attached hydrogens (tertiary/aromatic N) is 1. The molecule has 1 heterocycles. The van der Waals surface area contributed by atoms with E-state index in [1.54, 1.807) is 24.3 Å². The number of esters is 1. The minimum atomic E-state index is -1.41. The van der Waals surface area contributed by atoms with Gasteiger partial charge in [0.1, 0.15) is 11.0 Å². The van der Waals surface area contributed by atoms with Gasteiger partial charge in [-0.25, -0.2) is 14.0 Å². The molecular weight excluding hydrogens is 374 g/mol. The van der Waals surface area contributed by atoms with Crippen LogP contribution in [0, 0.1) is 11.8 Å². The Balaban J connectivity index is 1.84. The van der Waals surface area contributed by atoms with Gasteiger partial charge < -0.3 is 10.5 Å². The lowest BCUT2D eigenvalue weighted by Crippen LogP contribution is -2.08. The molecule has 0 bridgehead atoms. The van der Waals surface area contributed by atoms with E-state index in [0.29, 0.717) is 21.7 Å². The van der Waals surface area contributed by atoms with Crippen LogP contribution in [0.1, 0.15) is 21.6 Å². The van der Waals surface area contributed by atoms with Gasteiger partial charge in [0.15, 0.2) is 5.69 Å². The smallest absolute Gasteiger partial charge is 0.358 e. The first kappa shape index (κ1) is 19.1. The highest BCUT2D eigenvalue weighted by atomic mass is 32.2. The summed E-state index contributed by atoms with van der Waals surface area (Å²) in [6, 6.07) is 18.0. The topological polar surface area (TPSA) is 94.3 Å². The number of anilines is 2. The number of benzene rings is 2. The highest BCUT2D eigenvalue weighted by molar-refractivity contribution is 7.86. The van der Waals surface area contributed by atoms with E-state index in [0.717, 1.165) is 0 Å². The normalized spacial score (nSPS) is 11.0. The predicted molar refractivity (Wildman–Crippen MR) is 109 cm³/mol. The molecule has 1 unspecified atom stereocenters. The molecule has 0 aliphatic rings. The summed E-state index contributed by atoms with van der Waals surface area (Å²) in [4.78, 5) is 16.2. The van der Waals surface area contributed by atoms with Crippen LogP contribution in [0.25, 0.3) is 0 Å². The highest BCUT2D eigenvalue weighted by Crippen LogP contribution is 2.18. The third-order valence-electron chi connectivity index (χ3n) is 3.72. The Hall–Kier alpha value is -3.63. The Morgan fingerprint density at radius 3 is 2.54 bits per heavy atom. The molecule has 0 saturated carbocycles. The van der Waals surface area contributed by atoms with Crippen molar-refractivity contribution in [2.75, 3.05) is 17.6 Å². The molecule has 0 spiro atoms. The first-order valence-corrected chi connectivity index (χ1v) is 9.42. The number of nitrogens with one attached hydrogen (secondary N) is 1. The molecule has 0 radical (unpaired) electrons. The monoisotopic (exact) mass is 391 g/mol. The van der Waals surface area contributed by atoms with Crippen LogP contribution in [0.5, 0.6) is 0 Å². The Kier molecular flexibility index (Phi) is 6.04. The van der Waals surface area contributed by atoms with E-state index < -0.39 is 17.0 Å². The summed E-state index contributed by atoms with van der Waals surface area (Å²) in [6.45, 7) is 0. The third kappa shape index (κ3) is 4.55. The summed E-state index contributed by atoms with van der Waals surface area (Å²) >= 11 is 0. The maximum Gasteiger partial charge on any atom is 0.358 e. The van der Waals surface area contributed by atoms with Crippen LogP contribution in [0.3, 0.4) is 0 Å². The lowest BCUT2D eigenvalue weighted by atomic mass is 10.1. The average Bonchev–Trinajstić information content (AvgIpc) is 2.73. The molecule has 7 heteroatoms. The molecule has 0 amide bonds. The molecule has 28 heavy (non-hydrogen) atoms. The van der Waals surface area contributed by atoms with Gasteiger partial charge in [0.25, 0.3) is 0 Å². The molecule has 3 aromatic rings. The Labute approximate surface area is 165 Å². The Morgan fingerprint density at radius 2 is 1.82 bits per heavy atom. The van der Waals surface area contributed by atoms with E-state index in [4.69, 9.17) is 5.73 Å². The van der Waals surface area contributed by atoms with Crippen LogP contribution in [0.4, 0.5) is 11.4 Å². The van der Waals surface area contributed by atoms with Crippen molar-refractivity contribution in [3.63, 3.8) is 0 Å². The van der Waals surface area contributed by atoms with Gasteiger partial charge in [0, 0.05) is 17.3 Å². The van der Waals surface area contributed by atoms with E-state index in [-0.39, 0.29) is 11.4 Å². The number of rotatable bonds is 4. The number of aromatic nitrogens is 1. The van der Waals surface area contributed by atoms with Crippen LogP contribution in [0.2, 0.25) is 0 Å². The van der Waals surface area contributed by atoms with Crippen molar-refractivity contribution in [2.45, 2.75) is 4.90 Å². The Morgan fingerprint density at radius 1 is 1.11 bits per heavy atom. The van der Waals surface area contributed by atoms with Crippen molar-refractivity contribution in [1.29, 1.82) is 0 Å². The fraction of sp³-hybridized carbons (Fsp3) is 0.0476. The van der Waals surface area contributed by atoms with Crippen molar-refractivity contribution in [3.8, 4) is 11.8 Å². The number of hydrogen-bond donors (Lipinski definition) is 2. The van der Waals surface area contributed by atoms with Gasteiger partial charge in [-0.15, -0.1) is 0 Å². The second kappa shape index (κ2) is 8.84. The van der Waals surface area contributed by atoms with Gasteiger partial charge in [0.2, 0.25) is 0 Å². The molecule has 1 atom stereocenters. The number of hydrogen-bond acceptors (Lipinski definition) is 5. The maximum atomic E-state index is 12.5. The third-order valence-corrected chi connectivity index (χ3v) is 4.83. The predicted octanol–water partition coefficient (Wildman–Crippen LogP) is 2.98. The quantitative estimate of drug-likeness (QED) is 0.527. The fourth-order valence-corrected chi connectivity index (χ4v) is 3.24. The summed E-state index contributed by atoms with van der Waals surface area (Å²) in [5, 5.41) is 0. The molecule has 0 aliphatic carbocycles.